The number of ether oxygens (including phenoxy) is 2. The zero-order valence-corrected chi connectivity index (χ0v) is 12.3. The second kappa shape index (κ2) is 5.82. The Hall–Kier alpha value is -1.94. The fraction of sp³-hybridized carbons (Fsp3) is 0.250. The topological polar surface area (TPSA) is 30.5 Å². The zero-order valence-electron chi connectivity index (χ0n) is 11.5. The lowest BCUT2D eigenvalue weighted by Crippen LogP contribution is -2.23. The molecule has 21 heavy (non-hydrogen) atoms. The Morgan fingerprint density at radius 1 is 1.33 bits per heavy atom. The van der Waals surface area contributed by atoms with Crippen molar-refractivity contribution in [2.24, 2.45) is 0 Å². The largest absolute Gasteiger partial charge is 0.494 e. The van der Waals surface area contributed by atoms with Crippen LogP contribution in [0.15, 0.2) is 36.4 Å². The van der Waals surface area contributed by atoms with Crippen LogP contribution in [0.4, 0.5) is 10.1 Å². The number of benzene rings is 2. The van der Waals surface area contributed by atoms with Crippen molar-refractivity contribution in [3.05, 3.63) is 52.8 Å². The summed E-state index contributed by atoms with van der Waals surface area (Å²) in [5.41, 5.74) is 1.60. The van der Waals surface area contributed by atoms with E-state index in [1.807, 2.05) is 31.2 Å². The summed E-state index contributed by atoms with van der Waals surface area (Å²) in [5, 5.41) is 3.42. The molecule has 1 N–H and O–H groups in total. The van der Waals surface area contributed by atoms with Gasteiger partial charge in [0.25, 0.3) is 0 Å². The minimum atomic E-state index is -0.380. The van der Waals surface area contributed by atoms with Gasteiger partial charge in [-0.15, -0.1) is 0 Å². The van der Waals surface area contributed by atoms with E-state index in [4.69, 9.17) is 21.1 Å². The van der Waals surface area contributed by atoms with Gasteiger partial charge in [0.1, 0.15) is 17.7 Å². The molecule has 0 spiro atoms. The monoisotopic (exact) mass is 307 g/mol. The number of hydrogen-bond acceptors (Lipinski definition) is 3. The molecule has 0 radical (unpaired) electrons. The summed E-state index contributed by atoms with van der Waals surface area (Å²) in [7, 11) is 0. The molecular weight excluding hydrogens is 293 g/mol. The first kappa shape index (κ1) is 14.0. The van der Waals surface area contributed by atoms with Crippen LogP contribution >= 0.6 is 11.6 Å². The highest BCUT2D eigenvalue weighted by atomic mass is 35.5. The average Bonchev–Trinajstić information content (AvgIpc) is 2.48. The van der Waals surface area contributed by atoms with Crippen LogP contribution in [-0.2, 0) is 0 Å². The van der Waals surface area contributed by atoms with E-state index >= 15 is 0 Å². The minimum absolute atomic E-state index is 0.170. The number of nitrogens with one attached hydrogen (secondary N) is 1. The van der Waals surface area contributed by atoms with E-state index in [1.165, 1.54) is 12.1 Å². The lowest BCUT2D eigenvalue weighted by Gasteiger charge is -2.28. The van der Waals surface area contributed by atoms with Crippen LogP contribution in [0.1, 0.15) is 18.6 Å². The molecule has 5 heteroatoms. The van der Waals surface area contributed by atoms with E-state index in [2.05, 4.69) is 5.32 Å². The highest BCUT2D eigenvalue weighted by molar-refractivity contribution is 6.32. The number of rotatable bonds is 3. The molecule has 1 unspecified atom stereocenters. The Morgan fingerprint density at radius 2 is 2.10 bits per heavy atom. The third-order valence-corrected chi connectivity index (χ3v) is 3.59. The summed E-state index contributed by atoms with van der Waals surface area (Å²) in [6.45, 7) is 3.14. The molecule has 1 heterocycles. The smallest absolute Gasteiger partial charge is 0.162 e. The Labute approximate surface area is 127 Å². The van der Waals surface area contributed by atoms with Crippen LogP contribution in [0, 0.1) is 5.82 Å². The van der Waals surface area contributed by atoms with Crippen LogP contribution < -0.4 is 14.8 Å². The van der Waals surface area contributed by atoms with Gasteiger partial charge in [-0.05, 0) is 30.7 Å². The van der Waals surface area contributed by atoms with Crippen molar-refractivity contribution < 1.29 is 13.9 Å². The molecule has 1 atom stereocenters. The van der Waals surface area contributed by atoms with Crippen molar-refractivity contribution >= 4 is 17.3 Å². The van der Waals surface area contributed by atoms with Crippen molar-refractivity contribution in [1.82, 2.24) is 0 Å². The predicted molar refractivity (Wildman–Crippen MR) is 80.9 cm³/mol. The van der Waals surface area contributed by atoms with Gasteiger partial charge in [0.05, 0.1) is 23.9 Å². The van der Waals surface area contributed by atoms with Gasteiger partial charge in [-0.25, -0.2) is 4.39 Å². The molecule has 0 amide bonds. The average molecular weight is 308 g/mol. The third kappa shape index (κ3) is 2.90. The molecule has 0 saturated carbocycles. The Bertz CT molecular complexity index is 645. The van der Waals surface area contributed by atoms with E-state index in [0.29, 0.717) is 24.6 Å². The summed E-state index contributed by atoms with van der Waals surface area (Å²) in [4.78, 5) is 0. The molecule has 0 aromatic heterocycles. The van der Waals surface area contributed by atoms with Gasteiger partial charge in [0.2, 0.25) is 0 Å². The van der Waals surface area contributed by atoms with Crippen LogP contribution in [0.5, 0.6) is 11.5 Å². The van der Waals surface area contributed by atoms with Gasteiger partial charge in [0, 0.05) is 6.07 Å². The van der Waals surface area contributed by atoms with Crippen molar-refractivity contribution in [2.75, 3.05) is 18.5 Å². The van der Waals surface area contributed by atoms with Crippen LogP contribution in [0.25, 0.3) is 0 Å². The van der Waals surface area contributed by atoms with Crippen LogP contribution in [-0.4, -0.2) is 13.2 Å². The highest BCUT2D eigenvalue weighted by Gasteiger charge is 2.23. The van der Waals surface area contributed by atoms with Crippen molar-refractivity contribution in [3.63, 3.8) is 0 Å². The van der Waals surface area contributed by atoms with Crippen molar-refractivity contribution in [3.8, 4) is 11.5 Å². The summed E-state index contributed by atoms with van der Waals surface area (Å²) in [6, 6.07) is 10.4. The van der Waals surface area contributed by atoms with Crippen LogP contribution in [0.2, 0.25) is 5.02 Å². The second-order valence-electron chi connectivity index (χ2n) is 4.75. The Kier molecular flexibility index (Phi) is 3.88. The van der Waals surface area contributed by atoms with Gasteiger partial charge >= 0.3 is 0 Å². The van der Waals surface area contributed by atoms with Gasteiger partial charge in [0.15, 0.2) is 5.75 Å². The molecule has 3 nitrogen and oxygen atoms in total. The molecular formula is C16H15ClFNO2. The number of fused-ring (bicyclic) bond motifs is 1. The third-order valence-electron chi connectivity index (χ3n) is 3.31. The molecule has 0 bridgehead atoms. The van der Waals surface area contributed by atoms with Gasteiger partial charge < -0.3 is 14.8 Å². The van der Waals surface area contributed by atoms with E-state index < -0.39 is 0 Å². The fourth-order valence-electron chi connectivity index (χ4n) is 2.33. The maximum absolute atomic E-state index is 13.3. The summed E-state index contributed by atoms with van der Waals surface area (Å²) in [6.07, 6.45) is -0.170. The van der Waals surface area contributed by atoms with Gasteiger partial charge in [-0.2, -0.15) is 0 Å². The molecule has 110 valence electrons. The first-order chi connectivity index (χ1) is 10.2. The first-order valence-corrected chi connectivity index (χ1v) is 7.17. The Balaban J connectivity index is 1.82. The van der Waals surface area contributed by atoms with Crippen LogP contribution in [0.3, 0.4) is 0 Å². The standard InChI is InChI=1S/C16H15ClFNO2/c1-2-20-12-5-3-10(4-6-12)15-9-19-14-8-11(18)7-13(17)16(14)21-15/h3-8,15,19H,2,9H2,1H3. The van der Waals surface area contributed by atoms with Gasteiger partial charge in [-0.3, -0.25) is 0 Å². The fourth-order valence-corrected chi connectivity index (χ4v) is 2.58. The number of anilines is 1. The lowest BCUT2D eigenvalue weighted by atomic mass is 10.1. The molecule has 2 aromatic rings. The lowest BCUT2D eigenvalue weighted by molar-refractivity contribution is 0.210. The molecule has 1 aliphatic rings. The molecule has 1 aliphatic heterocycles. The number of hydrogen-bond donors (Lipinski definition) is 1. The summed E-state index contributed by atoms with van der Waals surface area (Å²) < 4.78 is 24.6. The van der Waals surface area contributed by atoms with E-state index in [-0.39, 0.29) is 16.9 Å². The quantitative estimate of drug-likeness (QED) is 0.910. The van der Waals surface area contributed by atoms with Gasteiger partial charge in [-0.1, -0.05) is 23.7 Å². The molecule has 3 rings (SSSR count). The molecule has 2 aromatic carbocycles. The SMILES string of the molecule is CCOc1ccc(C2CNc3cc(F)cc(Cl)c3O2)cc1. The normalized spacial score (nSPS) is 16.6. The predicted octanol–water partition coefficient (Wildman–Crippen LogP) is 4.42. The van der Waals surface area contributed by atoms with E-state index in [9.17, 15) is 4.39 Å². The molecule has 0 aliphatic carbocycles. The zero-order chi connectivity index (χ0) is 14.8. The molecule has 0 saturated heterocycles. The van der Waals surface area contributed by atoms with E-state index in [0.717, 1.165) is 11.3 Å². The maximum Gasteiger partial charge on any atom is 0.162 e. The number of halogens is 2. The van der Waals surface area contributed by atoms with Crippen molar-refractivity contribution in [2.45, 2.75) is 13.0 Å². The second-order valence-corrected chi connectivity index (χ2v) is 5.16. The van der Waals surface area contributed by atoms with Crippen molar-refractivity contribution in [1.29, 1.82) is 0 Å². The first-order valence-electron chi connectivity index (χ1n) is 6.79. The summed E-state index contributed by atoms with van der Waals surface area (Å²) >= 11 is 6.04. The summed E-state index contributed by atoms with van der Waals surface area (Å²) in [5.74, 6) is 0.933. The highest BCUT2D eigenvalue weighted by Crippen LogP contribution is 2.40. The van der Waals surface area contributed by atoms with E-state index in [1.54, 1.807) is 0 Å². The molecule has 0 fully saturated rings. The Morgan fingerprint density at radius 3 is 2.81 bits per heavy atom. The minimum Gasteiger partial charge on any atom is -0.494 e. The maximum atomic E-state index is 13.3.